The van der Waals surface area contributed by atoms with Gasteiger partial charge in [-0.1, -0.05) is 18.2 Å². The molecule has 0 fully saturated rings. The van der Waals surface area contributed by atoms with E-state index in [-0.39, 0.29) is 15.5 Å². The van der Waals surface area contributed by atoms with E-state index < -0.39 is 14.8 Å². The molecule has 0 amide bonds. The van der Waals surface area contributed by atoms with E-state index in [2.05, 4.69) is 0 Å². The molecule has 2 aromatic rings. The van der Waals surface area contributed by atoms with Crippen LogP contribution in [0.5, 0.6) is 0 Å². The third kappa shape index (κ3) is 2.48. The van der Waals surface area contributed by atoms with Gasteiger partial charge in [0.15, 0.2) is 0 Å². The Morgan fingerprint density at radius 2 is 1.58 bits per heavy atom. The standard InChI is InChI=1S/C13H11NO4S/c1-10-4-2-3-5-13(10)19(17,18)12-8-6-11(7-9-12)14(15)16/h2-9H,1H3. The molecule has 0 bridgehead atoms. The van der Waals surface area contributed by atoms with Crippen LogP contribution in [0.15, 0.2) is 58.3 Å². The molecule has 0 aliphatic heterocycles. The predicted molar refractivity (Wildman–Crippen MR) is 69.7 cm³/mol. The lowest BCUT2D eigenvalue weighted by atomic mass is 10.2. The van der Waals surface area contributed by atoms with Crippen LogP contribution in [0.2, 0.25) is 0 Å². The first-order valence-electron chi connectivity index (χ1n) is 5.48. The Bertz CT molecular complexity index is 721. The van der Waals surface area contributed by atoms with Gasteiger partial charge in [0, 0.05) is 12.1 Å². The maximum Gasteiger partial charge on any atom is 0.269 e. The summed E-state index contributed by atoms with van der Waals surface area (Å²) in [6.45, 7) is 1.71. The zero-order valence-corrected chi connectivity index (χ0v) is 10.9. The Balaban J connectivity index is 2.52. The first-order valence-corrected chi connectivity index (χ1v) is 6.96. The molecular weight excluding hydrogens is 266 g/mol. The molecule has 2 rings (SSSR count). The molecule has 0 aliphatic carbocycles. The molecule has 0 aromatic heterocycles. The minimum Gasteiger partial charge on any atom is -0.258 e. The predicted octanol–water partition coefficient (Wildman–Crippen LogP) is 2.74. The number of sulfone groups is 1. The third-order valence-corrected chi connectivity index (χ3v) is 4.67. The van der Waals surface area contributed by atoms with Crippen molar-refractivity contribution in [1.82, 2.24) is 0 Å². The van der Waals surface area contributed by atoms with Crippen LogP contribution in [0, 0.1) is 17.0 Å². The Labute approximate surface area is 110 Å². The smallest absolute Gasteiger partial charge is 0.258 e. The number of nitro benzene ring substituents is 1. The number of hydrogen-bond donors (Lipinski definition) is 0. The van der Waals surface area contributed by atoms with Crippen molar-refractivity contribution in [3.8, 4) is 0 Å². The number of aryl methyl sites for hydroxylation is 1. The number of benzene rings is 2. The fraction of sp³-hybridized carbons (Fsp3) is 0.0769. The Kier molecular flexibility index (Phi) is 3.35. The summed E-state index contributed by atoms with van der Waals surface area (Å²) in [7, 11) is -3.63. The molecule has 0 atom stereocenters. The Hall–Kier alpha value is -2.21. The summed E-state index contributed by atoms with van der Waals surface area (Å²) in [5.74, 6) is 0. The summed E-state index contributed by atoms with van der Waals surface area (Å²) in [5, 5.41) is 10.5. The first-order chi connectivity index (χ1) is 8.93. The van der Waals surface area contributed by atoms with Crippen molar-refractivity contribution in [1.29, 1.82) is 0 Å². The van der Waals surface area contributed by atoms with Crippen LogP contribution in [0.4, 0.5) is 5.69 Å². The summed E-state index contributed by atoms with van der Waals surface area (Å²) >= 11 is 0. The van der Waals surface area contributed by atoms with E-state index in [1.165, 1.54) is 30.3 Å². The molecule has 0 N–H and O–H groups in total. The van der Waals surface area contributed by atoms with E-state index >= 15 is 0 Å². The highest BCUT2D eigenvalue weighted by atomic mass is 32.2. The van der Waals surface area contributed by atoms with Gasteiger partial charge in [-0.25, -0.2) is 8.42 Å². The van der Waals surface area contributed by atoms with Crippen molar-refractivity contribution in [2.24, 2.45) is 0 Å². The van der Waals surface area contributed by atoms with Crippen molar-refractivity contribution < 1.29 is 13.3 Å². The van der Waals surface area contributed by atoms with Gasteiger partial charge in [0.25, 0.3) is 5.69 Å². The second kappa shape index (κ2) is 4.81. The minimum atomic E-state index is -3.63. The van der Waals surface area contributed by atoms with Gasteiger partial charge in [-0.05, 0) is 30.7 Å². The normalized spacial score (nSPS) is 11.2. The highest BCUT2D eigenvalue weighted by molar-refractivity contribution is 7.91. The Morgan fingerprint density at radius 3 is 2.11 bits per heavy atom. The molecule has 0 aliphatic rings. The van der Waals surface area contributed by atoms with Gasteiger partial charge in [0.2, 0.25) is 9.84 Å². The molecular formula is C13H11NO4S. The summed E-state index contributed by atoms with van der Waals surface area (Å²) in [6, 6.07) is 11.5. The van der Waals surface area contributed by atoms with Gasteiger partial charge in [-0.3, -0.25) is 10.1 Å². The summed E-state index contributed by atoms with van der Waals surface area (Å²) in [6.07, 6.45) is 0. The number of nitrogens with zero attached hydrogens (tertiary/aromatic N) is 1. The molecule has 0 radical (unpaired) electrons. The van der Waals surface area contributed by atoms with Gasteiger partial charge >= 0.3 is 0 Å². The number of rotatable bonds is 3. The highest BCUT2D eigenvalue weighted by Crippen LogP contribution is 2.25. The second-order valence-corrected chi connectivity index (χ2v) is 5.94. The minimum absolute atomic E-state index is 0.0485. The molecule has 0 spiro atoms. The molecule has 98 valence electrons. The topological polar surface area (TPSA) is 77.3 Å². The second-order valence-electron chi connectivity index (χ2n) is 4.02. The van der Waals surface area contributed by atoms with Crippen molar-refractivity contribution in [3.63, 3.8) is 0 Å². The van der Waals surface area contributed by atoms with E-state index in [9.17, 15) is 18.5 Å². The number of hydrogen-bond acceptors (Lipinski definition) is 4. The lowest BCUT2D eigenvalue weighted by Gasteiger charge is -2.07. The van der Waals surface area contributed by atoms with Crippen molar-refractivity contribution >= 4 is 15.5 Å². The zero-order chi connectivity index (χ0) is 14.0. The van der Waals surface area contributed by atoms with Crippen LogP contribution in [0.1, 0.15) is 5.56 Å². The van der Waals surface area contributed by atoms with Crippen LogP contribution < -0.4 is 0 Å². The molecule has 2 aromatic carbocycles. The monoisotopic (exact) mass is 277 g/mol. The van der Waals surface area contributed by atoms with E-state index in [0.717, 1.165) is 0 Å². The average Bonchev–Trinajstić information content (AvgIpc) is 2.39. The van der Waals surface area contributed by atoms with E-state index in [1.54, 1.807) is 25.1 Å². The molecule has 0 saturated heterocycles. The SMILES string of the molecule is Cc1ccccc1S(=O)(=O)c1ccc([N+](=O)[O-])cc1. The van der Waals surface area contributed by atoms with Crippen LogP contribution in [-0.4, -0.2) is 13.3 Å². The van der Waals surface area contributed by atoms with Crippen LogP contribution in [0.25, 0.3) is 0 Å². The number of nitro groups is 1. The maximum atomic E-state index is 12.4. The van der Waals surface area contributed by atoms with Crippen molar-refractivity contribution in [2.75, 3.05) is 0 Å². The molecule has 5 nitrogen and oxygen atoms in total. The van der Waals surface area contributed by atoms with Crippen LogP contribution in [0.3, 0.4) is 0 Å². The summed E-state index contributed by atoms with van der Waals surface area (Å²) in [5.41, 5.74) is 0.504. The highest BCUT2D eigenvalue weighted by Gasteiger charge is 2.20. The largest absolute Gasteiger partial charge is 0.269 e. The molecule has 6 heteroatoms. The first kappa shape index (κ1) is 13.2. The molecule has 0 saturated carbocycles. The molecule has 0 heterocycles. The lowest BCUT2D eigenvalue weighted by molar-refractivity contribution is -0.384. The quantitative estimate of drug-likeness (QED) is 0.638. The summed E-state index contributed by atoms with van der Waals surface area (Å²) < 4.78 is 24.7. The fourth-order valence-electron chi connectivity index (χ4n) is 1.73. The molecule has 0 unspecified atom stereocenters. The van der Waals surface area contributed by atoms with Crippen molar-refractivity contribution in [3.05, 3.63) is 64.2 Å². The average molecular weight is 277 g/mol. The Morgan fingerprint density at radius 1 is 1.00 bits per heavy atom. The maximum absolute atomic E-state index is 12.4. The third-order valence-electron chi connectivity index (χ3n) is 2.74. The van der Waals surface area contributed by atoms with Gasteiger partial charge in [0.05, 0.1) is 14.7 Å². The van der Waals surface area contributed by atoms with Gasteiger partial charge < -0.3 is 0 Å². The van der Waals surface area contributed by atoms with E-state index in [0.29, 0.717) is 5.56 Å². The van der Waals surface area contributed by atoms with E-state index in [1.807, 2.05) is 0 Å². The van der Waals surface area contributed by atoms with Crippen molar-refractivity contribution in [2.45, 2.75) is 16.7 Å². The lowest BCUT2D eigenvalue weighted by Crippen LogP contribution is -2.04. The van der Waals surface area contributed by atoms with Gasteiger partial charge in [-0.2, -0.15) is 0 Å². The number of non-ortho nitro benzene ring substituents is 1. The van der Waals surface area contributed by atoms with E-state index in [4.69, 9.17) is 0 Å². The summed E-state index contributed by atoms with van der Waals surface area (Å²) in [4.78, 5) is 10.2. The van der Waals surface area contributed by atoms with Gasteiger partial charge in [0.1, 0.15) is 0 Å². The fourth-order valence-corrected chi connectivity index (χ4v) is 3.23. The van der Waals surface area contributed by atoms with Crippen LogP contribution >= 0.6 is 0 Å². The molecule has 19 heavy (non-hydrogen) atoms. The van der Waals surface area contributed by atoms with Crippen LogP contribution in [-0.2, 0) is 9.84 Å². The van der Waals surface area contributed by atoms with Gasteiger partial charge in [-0.15, -0.1) is 0 Å². The zero-order valence-electron chi connectivity index (χ0n) is 10.1.